The van der Waals surface area contributed by atoms with Gasteiger partial charge < -0.3 is 0 Å². The highest BCUT2D eigenvalue weighted by Crippen LogP contribution is 2.41. The average molecular weight is 379 g/mol. The number of rotatable bonds is 2. The molecule has 27 heavy (non-hydrogen) atoms. The molecule has 4 nitrogen and oxygen atoms in total. The molecule has 0 bridgehead atoms. The minimum atomic E-state index is -0.320. The van der Waals surface area contributed by atoms with E-state index in [0.717, 1.165) is 36.7 Å². The largest absolute Gasteiger partial charge is 0.291 e. The van der Waals surface area contributed by atoms with Crippen LogP contribution in [0.5, 0.6) is 0 Å². The molecule has 0 amide bonds. The number of fused-ring (bicyclic) bond motifs is 3. The molecule has 1 N–H and O–H groups in total. The molecule has 1 aromatic heterocycles. The lowest BCUT2D eigenvalue weighted by Gasteiger charge is -2.28. The SMILES string of the molecule is ClC1NCc2ccccc2-n2c(C3CCC(c4ccccc4)CC3)nnc21. The molecule has 2 aliphatic rings. The second-order valence-electron chi connectivity index (χ2n) is 7.58. The molecular formula is C22H23ClN4. The van der Waals surface area contributed by atoms with Crippen molar-refractivity contribution < 1.29 is 0 Å². The number of hydrogen-bond donors (Lipinski definition) is 1. The second-order valence-corrected chi connectivity index (χ2v) is 8.02. The van der Waals surface area contributed by atoms with E-state index >= 15 is 0 Å². The van der Waals surface area contributed by atoms with E-state index in [-0.39, 0.29) is 5.50 Å². The molecular weight excluding hydrogens is 356 g/mol. The van der Waals surface area contributed by atoms with Gasteiger partial charge in [0.1, 0.15) is 11.3 Å². The number of nitrogens with zero attached hydrogens (tertiary/aromatic N) is 3. The lowest BCUT2D eigenvalue weighted by Crippen LogP contribution is -2.17. The zero-order valence-corrected chi connectivity index (χ0v) is 15.9. The Morgan fingerprint density at radius 2 is 1.48 bits per heavy atom. The Balaban J connectivity index is 1.45. The van der Waals surface area contributed by atoms with Crippen LogP contribution in [0.2, 0.25) is 0 Å². The van der Waals surface area contributed by atoms with E-state index in [4.69, 9.17) is 11.6 Å². The molecule has 1 fully saturated rings. The van der Waals surface area contributed by atoms with E-state index < -0.39 is 0 Å². The molecule has 0 saturated heterocycles. The summed E-state index contributed by atoms with van der Waals surface area (Å²) in [5.74, 6) is 2.96. The summed E-state index contributed by atoms with van der Waals surface area (Å²) in [6.07, 6.45) is 4.67. The van der Waals surface area contributed by atoms with Gasteiger partial charge in [0.25, 0.3) is 0 Å². The molecule has 3 aromatic rings. The fourth-order valence-electron chi connectivity index (χ4n) is 4.56. The predicted octanol–water partition coefficient (Wildman–Crippen LogP) is 5.05. The fourth-order valence-corrected chi connectivity index (χ4v) is 4.78. The van der Waals surface area contributed by atoms with Crippen molar-refractivity contribution in [2.45, 2.75) is 49.6 Å². The zero-order valence-electron chi connectivity index (χ0n) is 15.2. The highest BCUT2D eigenvalue weighted by atomic mass is 35.5. The normalized spacial score (nSPS) is 24.7. The van der Waals surface area contributed by atoms with Gasteiger partial charge in [0.2, 0.25) is 0 Å². The number of nitrogens with one attached hydrogen (secondary N) is 1. The predicted molar refractivity (Wildman–Crippen MR) is 107 cm³/mol. The molecule has 0 radical (unpaired) electrons. The molecule has 5 heteroatoms. The van der Waals surface area contributed by atoms with E-state index in [9.17, 15) is 0 Å². The lowest BCUT2D eigenvalue weighted by atomic mass is 9.78. The molecule has 5 rings (SSSR count). The van der Waals surface area contributed by atoms with Gasteiger partial charge in [-0.25, -0.2) is 0 Å². The minimum Gasteiger partial charge on any atom is -0.291 e. The van der Waals surface area contributed by atoms with E-state index in [2.05, 4.69) is 74.7 Å². The Hall–Kier alpha value is -2.17. The third kappa shape index (κ3) is 3.07. The second kappa shape index (κ2) is 7.10. The van der Waals surface area contributed by atoms with Gasteiger partial charge in [-0.2, -0.15) is 0 Å². The maximum absolute atomic E-state index is 6.56. The van der Waals surface area contributed by atoms with Crippen molar-refractivity contribution >= 4 is 11.6 Å². The first-order valence-corrected chi connectivity index (χ1v) is 10.2. The Morgan fingerprint density at radius 3 is 2.30 bits per heavy atom. The van der Waals surface area contributed by atoms with Crippen molar-refractivity contribution in [2.75, 3.05) is 0 Å². The van der Waals surface area contributed by atoms with Gasteiger partial charge in [0.05, 0.1) is 5.69 Å². The van der Waals surface area contributed by atoms with Gasteiger partial charge >= 0.3 is 0 Å². The molecule has 1 aliphatic carbocycles. The van der Waals surface area contributed by atoms with Crippen LogP contribution >= 0.6 is 11.6 Å². The molecule has 0 spiro atoms. The highest BCUT2D eigenvalue weighted by Gasteiger charge is 2.31. The van der Waals surface area contributed by atoms with Crippen LogP contribution in [0.3, 0.4) is 0 Å². The van der Waals surface area contributed by atoms with Crippen molar-refractivity contribution in [1.82, 2.24) is 20.1 Å². The Bertz CT molecular complexity index is 928. The number of halogens is 1. The summed E-state index contributed by atoms with van der Waals surface area (Å²) in [5.41, 5.74) is 3.54. The van der Waals surface area contributed by atoms with Gasteiger partial charge in [0, 0.05) is 12.5 Å². The number of alkyl halides is 1. The van der Waals surface area contributed by atoms with Crippen molar-refractivity contribution in [3.8, 4) is 5.69 Å². The summed E-state index contributed by atoms with van der Waals surface area (Å²) in [7, 11) is 0. The van der Waals surface area contributed by atoms with E-state index in [1.165, 1.54) is 24.0 Å². The summed E-state index contributed by atoms with van der Waals surface area (Å²) < 4.78 is 2.21. The van der Waals surface area contributed by atoms with Gasteiger partial charge in [0.15, 0.2) is 5.82 Å². The summed E-state index contributed by atoms with van der Waals surface area (Å²) >= 11 is 6.56. The summed E-state index contributed by atoms with van der Waals surface area (Å²) in [5, 5.41) is 12.4. The van der Waals surface area contributed by atoms with Gasteiger partial charge in [-0.1, -0.05) is 60.1 Å². The van der Waals surface area contributed by atoms with Gasteiger partial charge in [-0.05, 0) is 48.8 Å². The maximum Gasteiger partial charge on any atom is 0.170 e. The third-order valence-corrected chi connectivity index (χ3v) is 6.36. The smallest absolute Gasteiger partial charge is 0.170 e. The van der Waals surface area contributed by atoms with Crippen LogP contribution in [0, 0.1) is 0 Å². The van der Waals surface area contributed by atoms with Crippen LogP contribution < -0.4 is 5.32 Å². The quantitative estimate of drug-likeness (QED) is 0.501. The molecule has 138 valence electrons. The average Bonchev–Trinajstić information content (AvgIpc) is 3.12. The number of para-hydroxylation sites is 1. The summed E-state index contributed by atoms with van der Waals surface area (Å²) in [6.45, 7) is 0.744. The Morgan fingerprint density at radius 1 is 0.815 bits per heavy atom. The fraction of sp³-hybridized carbons (Fsp3) is 0.364. The monoisotopic (exact) mass is 378 g/mol. The van der Waals surface area contributed by atoms with Crippen LogP contribution in [0.1, 0.15) is 65.8 Å². The standard InChI is InChI=1S/C22H23ClN4/c23-20-22-26-25-21(27(22)19-9-5-4-8-18(19)14-24-20)17-12-10-16(11-13-17)15-6-2-1-3-7-15/h1-9,16-17,20,24H,10-14H2. The van der Waals surface area contributed by atoms with E-state index in [0.29, 0.717) is 11.8 Å². The number of aromatic nitrogens is 3. The van der Waals surface area contributed by atoms with Crippen molar-refractivity contribution in [2.24, 2.45) is 0 Å². The van der Waals surface area contributed by atoms with Crippen LogP contribution in [0.15, 0.2) is 54.6 Å². The molecule has 1 aliphatic heterocycles. The molecule has 1 saturated carbocycles. The lowest BCUT2D eigenvalue weighted by molar-refractivity contribution is 0.382. The highest BCUT2D eigenvalue weighted by molar-refractivity contribution is 6.20. The van der Waals surface area contributed by atoms with Crippen molar-refractivity contribution in [1.29, 1.82) is 0 Å². The first-order valence-electron chi connectivity index (χ1n) is 9.77. The summed E-state index contributed by atoms with van der Waals surface area (Å²) in [6, 6.07) is 19.3. The zero-order chi connectivity index (χ0) is 18.2. The molecule has 2 heterocycles. The number of hydrogen-bond acceptors (Lipinski definition) is 3. The van der Waals surface area contributed by atoms with Crippen LogP contribution in [-0.2, 0) is 6.54 Å². The van der Waals surface area contributed by atoms with E-state index in [1.54, 1.807) is 0 Å². The summed E-state index contributed by atoms with van der Waals surface area (Å²) in [4.78, 5) is 0. The minimum absolute atomic E-state index is 0.320. The molecule has 1 unspecified atom stereocenters. The Kier molecular flexibility index (Phi) is 4.46. The molecule has 2 aromatic carbocycles. The van der Waals surface area contributed by atoms with E-state index in [1.807, 2.05) is 0 Å². The van der Waals surface area contributed by atoms with Crippen LogP contribution in [0.4, 0.5) is 0 Å². The van der Waals surface area contributed by atoms with Crippen molar-refractivity contribution in [3.63, 3.8) is 0 Å². The van der Waals surface area contributed by atoms with Crippen LogP contribution in [0.25, 0.3) is 5.69 Å². The number of benzene rings is 2. The third-order valence-electron chi connectivity index (χ3n) is 6.01. The first-order chi connectivity index (χ1) is 13.3. The maximum atomic E-state index is 6.56. The van der Waals surface area contributed by atoms with Crippen molar-refractivity contribution in [3.05, 3.63) is 77.4 Å². The first kappa shape index (κ1) is 17.0. The van der Waals surface area contributed by atoms with Gasteiger partial charge in [-0.15, -0.1) is 10.2 Å². The van der Waals surface area contributed by atoms with Crippen LogP contribution in [-0.4, -0.2) is 14.8 Å². The molecule has 1 atom stereocenters. The Labute approximate surface area is 164 Å². The topological polar surface area (TPSA) is 42.7 Å². The van der Waals surface area contributed by atoms with Gasteiger partial charge in [-0.3, -0.25) is 9.88 Å².